The molecule has 2 rings (SSSR count). The number of hydrogen-bond acceptors (Lipinski definition) is 3. The minimum atomic E-state index is -0.418. The molecule has 1 unspecified atom stereocenters. The van der Waals surface area contributed by atoms with Crippen LogP contribution < -0.4 is 11.5 Å². The predicted molar refractivity (Wildman–Crippen MR) is 79.5 cm³/mol. The van der Waals surface area contributed by atoms with Gasteiger partial charge in [0.2, 0.25) is 5.91 Å². The van der Waals surface area contributed by atoms with Crippen molar-refractivity contribution in [2.75, 3.05) is 13.1 Å². The van der Waals surface area contributed by atoms with Gasteiger partial charge < -0.3 is 11.5 Å². The summed E-state index contributed by atoms with van der Waals surface area (Å²) in [6, 6.07) is 7.85. The molecule has 1 amide bonds. The largest absolute Gasteiger partial charge is 0.389 e. The summed E-state index contributed by atoms with van der Waals surface area (Å²) in [6.45, 7) is 4.23. The molecule has 1 heterocycles. The van der Waals surface area contributed by atoms with E-state index in [9.17, 15) is 4.79 Å². The van der Waals surface area contributed by atoms with Gasteiger partial charge in [0.25, 0.3) is 0 Å². The van der Waals surface area contributed by atoms with E-state index >= 15 is 0 Å². The molecule has 0 spiro atoms. The fraction of sp³-hybridized carbons (Fsp3) is 0.429. The first-order valence-electron chi connectivity index (χ1n) is 6.32. The Bertz CT molecular complexity index is 517. The number of nitrogens with two attached hydrogens (primary N) is 2. The zero-order chi connectivity index (χ0) is 14.0. The van der Waals surface area contributed by atoms with Crippen molar-refractivity contribution < 1.29 is 4.79 Å². The first-order valence-corrected chi connectivity index (χ1v) is 6.73. The van der Waals surface area contributed by atoms with Crippen LogP contribution in [0.2, 0.25) is 0 Å². The lowest BCUT2D eigenvalue weighted by Gasteiger charge is -2.21. The fourth-order valence-electron chi connectivity index (χ4n) is 2.53. The maximum atomic E-state index is 11.5. The average Bonchev–Trinajstić information content (AvgIpc) is 2.73. The standard InChI is InChI=1S/C14H19N3OS/c1-14(13(16)18)6-7-17(9-14)8-10-4-2-3-5-11(10)12(15)19/h2-5H,6-9H2,1H3,(H2,15,19)(H2,16,18). The Hall–Kier alpha value is -1.46. The second-order valence-electron chi connectivity index (χ2n) is 5.41. The number of carbonyl (C=O) groups excluding carboxylic acids is 1. The van der Waals surface area contributed by atoms with E-state index in [-0.39, 0.29) is 5.91 Å². The summed E-state index contributed by atoms with van der Waals surface area (Å²) in [4.78, 5) is 14.1. The molecule has 5 heteroatoms. The van der Waals surface area contributed by atoms with E-state index in [1.54, 1.807) is 0 Å². The van der Waals surface area contributed by atoms with E-state index in [0.29, 0.717) is 11.5 Å². The van der Waals surface area contributed by atoms with Gasteiger partial charge in [-0.2, -0.15) is 0 Å². The monoisotopic (exact) mass is 277 g/mol. The molecule has 102 valence electrons. The highest BCUT2D eigenvalue weighted by Gasteiger charge is 2.38. The molecular formula is C14H19N3OS. The van der Waals surface area contributed by atoms with Crippen molar-refractivity contribution in [1.82, 2.24) is 4.90 Å². The van der Waals surface area contributed by atoms with E-state index in [0.717, 1.165) is 30.6 Å². The van der Waals surface area contributed by atoms with E-state index in [1.165, 1.54) is 0 Å². The molecular weight excluding hydrogens is 258 g/mol. The van der Waals surface area contributed by atoms with Crippen LogP contribution in [0.5, 0.6) is 0 Å². The van der Waals surface area contributed by atoms with Crippen molar-refractivity contribution in [2.45, 2.75) is 19.9 Å². The summed E-state index contributed by atoms with van der Waals surface area (Å²) >= 11 is 5.06. The molecule has 1 aromatic rings. The number of hydrogen-bond donors (Lipinski definition) is 2. The van der Waals surface area contributed by atoms with E-state index in [2.05, 4.69) is 4.90 Å². The van der Waals surface area contributed by atoms with E-state index < -0.39 is 5.41 Å². The van der Waals surface area contributed by atoms with Crippen molar-refractivity contribution in [1.29, 1.82) is 0 Å². The Labute approximate surface area is 118 Å². The third-order valence-corrected chi connectivity index (χ3v) is 4.04. The smallest absolute Gasteiger partial charge is 0.224 e. The van der Waals surface area contributed by atoms with E-state index in [4.69, 9.17) is 23.7 Å². The highest BCUT2D eigenvalue weighted by Crippen LogP contribution is 2.30. The van der Waals surface area contributed by atoms with Crippen molar-refractivity contribution in [3.63, 3.8) is 0 Å². The normalized spacial score (nSPS) is 23.4. The number of likely N-dealkylation sites (tertiary alicyclic amines) is 1. The Morgan fingerprint density at radius 1 is 1.42 bits per heavy atom. The molecule has 1 fully saturated rings. The van der Waals surface area contributed by atoms with Crippen molar-refractivity contribution in [3.05, 3.63) is 35.4 Å². The first-order chi connectivity index (χ1) is 8.92. The molecule has 4 N–H and O–H groups in total. The molecule has 4 nitrogen and oxygen atoms in total. The van der Waals surface area contributed by atoms with Gasteiger partial charge in [-0.1, -0.05) is 36.5 Å². The highest BCUT2D eigenvalue weighted by atomic mass is 32.1. The van der Waals surface area contributed by atoms with Crippen LogP contribution in [0, 0.1) is 5.41 Å². The number of carbonyl (C=O) groups is 1. The van der Waals surface area contributed by atoms with Crippen LogP contribution in [0.15, 0.2) is 24.3 Å². The lowest BCUT2D eigenvalue weighted by molar-refractivity contribution is -0.126. The van der Waals surface area contributed by atoms with Crippen LogP contribution in [0.1, 0.15) is 24.5 Å². The Morgan fingerprint density at radius 2 is 2.11 bits per heavy atom. The summed E-state index contributed by atoms with van der Waals surface area (Å²) in [5.41, 5.74) is 12.8. The third-order valence-electron chi connectivity index (χ3n) is 3.82. The number of rotatable bonds is 4. The molecule has 1 atom stereocenters. The summed E-state index contributed by atoms with van der Waals surface area (Å²) in [5.74, 6) is -0.224. The van der Waals surface area contributed by atoms with Crippen LogP contribution in [0.4, 0.5) is 0 Å². The van der Waals surface area contributed by atoms with Gasteiger partial charge in [-0.15, -0.1) is 0 Å². The van der Waals surface area contributed by atoms with Crippen LogP contribution in [0.3, 0.4) is 0 Å². The quantitative estimate of drug-likeness (QED) is 0.806. The van der Waals surface area contributed by atoms with Crippen LogP contribution in [-0.2, 0) is 11.3 Å². The SMILES string of the molecule is CC1(C(N)=O)CCN(Cc2ccccc2C(N)=S)C1. The van der Waals surface area contributed by atoms with Gasteiger partial charge in [-0.25, -0.2) is 0 Å². The van der Waals surface area contributed by atoms with Crippen LogP contribution in [-0.4, -0.2) is 28.9 Å². The summed E-state index contributed by atoms with van der Waals surface area (Å²) in [5, 5.41) is 0. The average molecular weight is 277 g/mol. The topological polar surface area (TPSA) is 72.4 Å². The summed E-state index contributed by atoms with van der Waals surface area (Å²) < 4.78 is 0. The number of amides is 1. The molecule has 1 saturated heterocycles. The molecule has 0 radical (unpaired) electrons. The second kappa shape index (κ2) is 5.27. The Balaban J connectivity index is 2.12. The molecule has 0 saturated carbocycles. The second-order valence-corrected chi connectivity index (χ2v) is 5.85. The fourth-order valence-corrected chi connectivity index (χ4v) is 2.73. The van der Waals surface area contributed by atoms with Crippen molar-refractivity contribution in [3.8, 4) is 0 Å². The molecule has 0 aliphatic carbocycles. The Kier molecular flexibility index (Phi) is 3.87. The first kappa shape index (κ1) is 14.0. The van der Waals surface area contributed by atoms with E-state index in [1.807, 2.05) is 31.2 Å². The lowest BCUT2D eigenvalue weighted by Crippen LogP contribution is -2.37. The molecule has 19 heavy (non-hydrogen) atoms. The third kappa shape index (κ3) is 2.93. The number of benzene rings is 1. The van der Waals surface area contributed by atoms with Crippen LogP contribution in [0.25, 0.3) is 0 Å². The lowest BCUT2D eigenvalue weighted by atomic mass is 9.89. The Morgan fingerprint density at radius 3 is 2.68 bits per heavy atom. The molecule has 0 bridgehead atoms. The van der Waals surface area contributed by atoms with Gasteiger partial charge in [-0.3, -0.25) is 9.69 Å². The zero-order valence-corrected chi connectivity index (χ0v) is 11.9. The number of nitrogens with zero attached hydrogens (tertiary/aromatic N) is 1. The molecule has 1 aromatic carbocycles. The zero-order valence-electron chi connectivity index (χ0n) is 11.1. The van der Waals surface area contributed by atoms with Gasteiger partial charge in [0.15, 0.2) is 0 Å². The van der Waals surface area contributed by atoms with Crippen molar-refractivity contribution >= 4 is 23.1 Å². The van der Waals surface area contributed by atoms with Gasteiger partial charge in [0, 0.05) is 18.7 Å². The molecule has 1 aliphatic heterocycles. The maximum Gasteiger partial charge on any atom is 0.224 e. The van der Waals surface area contributed by atoms with Crippen LogP contribution >= 0.6 is 12.2 Å². The number of thiocarbonyl (C=S) groups is 1. The summed E-state index contributed by atoms with van der Waals surface area (Å²) in [6.07, 6.45) is 0.803. The maximum absolute atomic E-state index is 11.5. The summed E-state index contributed by atoms with van der Waals surface area (Å²) in [7, 11) is 0. The highest BCUT2D eigenvalue weighted by molar-refractivity contribution is 7.80. The van der Waals surface area contributed by atoms with Gasteiger partial charge in [0.1, 0.15) is 4.99 Å². The molecule has 1 aliphatic rings. The minimum absolute atomic E-state index is 0.224. The van der Waals surface area contributed by atoms with Crippen molar-refractivity contribution in [2.24, 2.45) is 16.9 Å². The van der Waals surface area contributed by atoms with Gasteiger partial charge in [-0.05, 0) is 25.5 Å². The minimum Gasteiger partial charge on any atom is -0.389 e. The van der Waals surface area contributed by atoms with Gasteiger partial charge in [0.05, 0.1) is 5.41 Å². The molecule has 0 aromatic heterocycles. The predicted octanol–water partition coefficient (Wildman–Crippen LogP) is 1.02. The number of primary amides is 1. The van der Waals surface area contributed by atoms with Gasteiger partial charge >= 0.3 is 0 Å².